The second-order valence-electron chi connectivity index (χ2n) is 9.35. The SMILES string of the molecule is CCOC(=O)Cn1nnnc1C(CC)N(Cc1ccc(OC)cc1)Cc1cc2cc(C)cc(C)c2[nH]c1=O. The number of aromatic amines is 1. The summed E-state index contributed by atoms with van der Waals surface area (Å²) in [5, 5.41) is 13.2. The maximum atomic E-state index is 13.2. The number of fused-ring (bicyclic) bond motifs is 1. The summed E-state index contributed by atoms with van der Waals surface area (Å²) in [6, 6.07) is 13.6. The molecule has 2 aromatic carbocycles. The first-order valence-corrected chi connectivity index (χ1v) is 12.7. The van der Waals surface area contributed by atoms with Gasteiger partial charge < -0.3 is 14.5 Å². The van der Waals surface area contributed by atoms with Crippen LogP contribution in [0.1, 0.15) is 54.4 Å². The van der Waals surface area contributed by atoms with Gasteiger partial charge in [0.15, 0.2) is 5.82 Å². The zero-order valence-corrected chi connectivity index (χ0v) is 22.5. The Morgan fingerprint density at radius 3 is 2.55 bits per heavy atom. The van der Waals surface area contributed by atoms with Gasteiger partial charge in [-0.2, -0.15) is 0 Å². The monoisotopic (exact) mass is 518 g/mol. The topological polar surface area (TPSA) is 115 Å². The lowest BCUT2D eigenvalue weighted by molar-refractivity contribution is -0.144. The van der Waals surface area contributed by atoms with Gasteiger partial charge in [0, 0.05) is 18.7 Å². The molecule has 10 heteroatoms. The number of nitrogens with zero attached hydrogens (tertiary/aromatic N) is 5. The number of esters is 1. The summed E-state index contributed by atoms with van der Waals surface area (Å²) in [5.74, 6) is 0.898. The lowest BCUT2D eigenvalue weighted by Crippen LogP contribution is -2.33. The van der Waals surface area contributed by atoms with Crippen molar-refractivity contribution in [2.75, 3.05) is 13.7 Å². The number of carbonyl (C=O) groups is 1. The third kappa shape index (κ3) is 6.08. The summed E-state index contributed by atoms with van der Waals surface area (Å²) in [6.45, 7) is 8.91. The average Bonchev–Trinajstić information content (AvgIpc) is 3.33. The van der Waals surface area contributed by atoms with Crippen molar-refractivity contribution in [1.29, 1.82) is 0 Å². The Labute approximate surface area is 221 Å². The first kappa shape index (κ1) is 27.0. The van der Waals surface area contributed by atoms with Crippen molar-refractivity contribution in [2.45, 2.75) is 59.8 Å². The van der Waals surface area contributed by atoms with Crippen LogP contribution in [0.3, 0.4) is 0 Å². The van der Waals surface area contributed by atoms with Gasteiger partial charge in [0.1, 0.15) is 12.3 Å². The van der Waals surface area contributed by atoms with Gasteiger partial charge in [-0.15, -0.1) is 5.10 Å². The number of aryl methyl sites for hydroxylation is 2. The molecule has 1 N–H and O–H groups in total. The summed E-state index contributed by atoms with van der Waals surface area (Å²) < 4.78 is 11.9. The van der Waals surface area contributed by atoms with Gasteiger partial charge in [0.05, 0.1) is 25.3 Å². The third-order valence-electron chi connectivity index (χ3n) is 6.56. The molecule has 10 nitrogen and oxygen atoms in total. The number of hydrogen-bond donors (Lipinski definition) is 1. The van der Waals surface area contributed by atoms with Crippen molar-refractivity contribution in [1.82, 2.24) is 30.1 Å². The largest absolute Gasteiger partial charge is 0.497 e. The van der Waals surface area contributed by atoms with Crippen LogP contribution in [0.5, 0.6) is 5.75 Å². The van der Waals surface area contributed by atoms with E-state index in [1.807, 2.05) is 51.1 Å². The number of aromatic nitrogens is 5. The van der Waals surface area contributed by atoms with Crippen molar-refractivity contribution in [3.05, 3.63) is 80.9 Å². The van der Waals surface area contributed by atoms with Crippen molar-refractivity contribution >= 4 is 16.9 Å². The molecule has 38 heavy (non-hydrogen) atoms. The molecule has 4 rings (SSSR count). The maximum absolute atomic E-state index is 13.2. The summed E-state index contributed by atoms with van der Waals surface area (Å²) in [6.07, 6.45) is 0.656. The fourth-order valence-corrected chi connectivity index (χ4v) is 4.81. The highest BCUT2D eigenvalue weighted by Gasteiger charge is 2.27. The highest BCUT2D eigenvalue weighted by atomic mass is 16.5. The number of ether oxygens (including phenoxy) is 2. The molecule has 2 aromatic heterocycles. The number of H-pyrrole nitrogens is 1. The molecule has 0 aliphatic carbocycles. The molecule has 1 atom stereocenters. The Hall–Kier alpha value is -4.05. The van der Waals surface area contributed by atoms with Gasteiger partial charge in [-0.1, -0.05) is 30.7 Å². The Bertz CT molecular complexity index is 1460. The van der Waals surface area contributed by atoms with Gasteiger partial charge in [0.2, 0.25) is 0 Å². The minimum Gasteiger partial charge on any atom is -0.497 e. The van der Waals surface area contributed by atoms with E-state index in [-0.39, 0.29) is 24.8 Å². The highest BCUT2D eigenvalue weighted by Crippen LogP contribution is 2.27. The van der Waals surface area contributed by atoms with Crippen LogP contribution in [0, 0.1) is 13.8 Å². The lowest BCUT2D eigenvalue weighted by atomic mass is 10.0. The van der Waals surface area contributed by atoms with Gasteiger partial charge in [-0.3, -0.25) is 14.5 Å². The Morgan fingerprint density at radius 2 is 1.87 bits per heavy atom. The van der Waals surface area contributed by atoms with Gasteiger partial charge in [-0.05, 0) is 78.4 Å². The predicted molar refractivity (Wildman–Crippen MR) is 144 cm³/mol. The van der Waals surface area contributed by atoms with E-state index in [1.54, 1.807) is 14.0 Å². The van der Waals surface area contributed by atoms with Gasteiger partial charge in [-0.25, -0.2) is 4.68 Å². The van der Waals surface area contributed by atoms with Crippen LogP contribution in [0.25, 0.3) is 10.9 Å². The van der Waals surface area contributed by atoms with Crippen molar-refractivity contribution < 1.29 is 14.3 Å². The summed E-state index contributed by atoms with van der Waals surface area (Å²) in [4.78, 5) is 30.7. The standard InChI is InChI=1S/C28H34N6O4/c1-6-24(27-30-31-32-34(27)17-25(35)38-7-2)33(15-20-8-10-23(37-5)11-9-20)16-22-14-21-13-18(3)12-19(4)26(21)29-28(22)36/h8-14,24H,6-7,15-17H2,1-5H3,(H,29,36). The highest BCUT2D eigenvalue weighted by molar-refractivity contribution is 5.82. The fraction of sp³-hybridized carbons (Fsp3) is 0.393. The van der Waals surface area contributed by atoms with Crippen LogP contribution in [0.4, 0.5) is 0 Å². The Kier molecular flexibility index (Phi) is 8.52. The minimum atomic E-state index is -0.408. The smallest absolute Gasteiger partial charge is 0.327 e. The van der Waals surface area contributed by atoms with Crippen LogP contribution in [-0.4, -0.2) is 49.8 Å². The minimum absolute atomic E-state index is 0.0852. The molecule has 0 saturated carbocycles. The van der Waals surface area contributed by atoms with Gasteiger partial charge in [0.25, 0.3) is 5.56 Å². The molecular weight excluding hydrogens is 484 g/mol. The number of carbonyl (C=O) groups excluding carboxylic acids is 1. The Morgan fingerprint density at radius 1 is 1.11 bits per heavy atom. The van der Waals surface area contributed by atoms with E-state index in [0.29, 0.717) is 30.9 Å². The van der Waals surface area contributed by atoms with E-state index < -0.39 is 5.97 Å². The van der Waals surface area contributed by atoms with Crippen molar-refractivity contribution in [3.8, 4) is 5.75 Å². The quantitative estimate of drug-likeness (QED) is 0.298. The number of tetrazole rings is 1. The molecular formula is C28H34N6O4. The second kappa shape index (κ2) is 12.0. The molecule has 0 amide bonds. The normalized spacial score (nSPS) is 12.2. The van der Waals surface area contributed by atoms with E-state index in [2.05, 4.69) is 37.5 Å². The first-order valence-electron chi connectivity index (χ1n) is 12.7. The number of rotatable bonds is 11. The molecule has 2 heterocycles. The second-order valence-corrected chi connectivity index (χ2v) is 9.35. The lowest BCUT2D eigenvalue weighted by Gasteiger charge is -2.30. The fourth-order valence-electron chi connectivity index (χ4n) is 4.81. The maximum Gasteiger partial charge on any atom is 0.327 e. The van der Waals surface area contributed by atoms with Crippen LogP contribution < -0.4 is 10.3 Å². The third-order valence-corrected chi connectivity index (χ3v) is 6.56. The zero-order chi connectivity index (χ0) is 27.2. The number of methoxy groups -OCH3 is 1. The molecule has 0 fully saturated rings. The van der Waals surface area contributed by atoms with Crippen molar-refractivity contribution in [2.24, 2.45) is 0 Å². The molecule has 0 saturated heterocycles. The van der Waals surface area contributed by atoms with Crippen LogP contribution >= 0.6 is 0 Å². The van der Waals surface area contributed by atoms with Crippen molar-refractivity contribution in [3.63, 3.8) is 0 Å². The van der Waals surface area contributed by atoms with E-state index in [9.17, 15) is 9.59 Å². The number of benzene rings is 2. The zero-order valence-electron chi connectivity index (χ0n) is 22.5. The van der Waals surface area contributed by atoms with E-state index in [4.69, 9.17) is 9.47 Å². The molecule has 4 aromatic rings. The number of pyridine rings is 1. The molecule has 0 aliphatic heterocycles. The van der Waals surface area contributed by atoms with E-state index in [0.717, 1.165) is 33.3 Å². The first-order chi connectivity index (χ1) is 18.3. The molecule has 0 spiro atoms. The molecule has 200 valence electrons. The summed E-state index contributed by atoms with van der Waals surface area (Å²) >= 11 is 0. The van der Waals surface area contributed by atoms with Gasteiger partial charge >= 0.3 is 5.97 Å². The van der Waals surface area contributed by atoms with Crippen LogP contribution in [-0.2, 0) is 29.2 Å². The molecule has 0 aliphatic rings. The number of hydrogen-bond acceptors (Lipinski definition) is 8. The summed E-state index contributed by atoms with van der Waals surface area (Å²) in [5.41, 5.74) is 4.55. The number of nitrogens with one attached hydrogen (secondary N) is 1. The van der Waals surface area contributed by atoms with E-state index in [1.165, 1.54) is 4.68 Å². The average molecular weight is 519 g/mol. The van der Waals surface area contributed by atoms with Crippen LogP contribution in [0.2, 0.25) is 0 Å². The molecule has 1 unspecified atom stereocenters. The predicted octanol–water partition coefficient (Wildman–Crippen LogP) is 3.86. The van der Waals surface area contributed by atoms with Crippen LogP contribution in [0.15, 0.2) is 47.3 Å². The van der Waals surface area contributed by atoms with E-state index >= 15 is 0 Å². The summed E-state index contributed by atoms with van der Waals surface area (Å²) in [7, 11) is 1.63. The molecule has 0 radical (unpaired) electrons. The Balaban J connectivity index is 1.73. The molecule has 0 bridgehead atoms.